The fourth-order valence-corrected chi connectivity index (χ4v) is 6.26. The molecule has 0 aliphatic carbocycles. The molecular formula is C21H18NP. The fourth-order valence-electron chi connectivity index (χ4n) is 2.77. The summed E-state index contributed by atoms with van der Waals surface area (Å²) in [5.41, 5.74) is 0. The molecule has 0 saturated heterocycles. The van der Waals surface area contributed by atoms with Crippen LogP contribution in [-0.4, -0.2) is 6.54 Å². The maximum Gasteiger partial charge on any atom is 0.0991 e. The van der Waals surface area contributed by atoms with Crippen molar-refractivity contribution in [1.29, 1.82) is 0 Å². The average molecular weight is 315 g/mol. The van der Waals surface area contributed by atoms with E-state index in [1.54, 1.807) is 0 Å². The van der Waals surface area contributed by atoms with Crippen molar-refractivity contribution in [3.8, 4) is 12.3 Å². The summed E-state index contributed by atoms with van der Waals surface area (Å²) in [6.45, 7) is 0.409. The lowest BCUT2D eigenvalue weighted by Gasteiger charge is -2.26. The third kappa shape index (κ3) is 3.00. The Labute approximate surface area is 138 Å². The van der Waals surface area contributed by atoms with E-state index in [9.17, 15) is 0 Å². The van der Waals surface area contributed by atoms with Gasteiger partial charge in [-0.3, -0.25) is 4.74 Å². The van der Waals surface area contributed by atoms with E-state index in [2.05, 4.69) is 78.7 Å². The predicted molar refractivity (Wildman–Crippen MR) is 101 cm³/mol. The number of benzene rings is 3. The van der Waals surface area contributed by atoms with Gasteiger partial charge in [0.25, 0.3) is 0 Å². The van der Waals surface area contributed by atoms with Crippen LogP contribution >= 0.6 is 7.05 Å². The summed E-state index contributed by atoms with van der Waals surface area (Å²) in [6.07, 6.45) is 5.54. The largest absolute Gasteiger partial charge is 0.277 e. The first-order valence-electron chi connectivity index (χ1n) is 7.56. The van der Waals surface area contributed by atoms with Crippen LogP contribution in [0.4, 0.5) is 0 Å². The lowest BCUT2D eigenvalue weighted by atomic mass is 10.4. The quantitative estimate of drug-likeness (QED) is 0.513. The van der Waals surface area contributed by atoms with Gasteiger partial charge in [0.15, 0.2) is 0 Å². The molecule has 0 N–H and O–H groups in total. The molecule has 0 aliphatic rings. The molecule has 0 unspecified atom stereocenters. The van der Waals surface area contributed by atoms with Gasteiger partial charge in [0.1, 0.15) is 0 Å². The second-order valence-corrected chi connectivity index (χ2v) is 8.25. The molecule has 0 saturated carbocycles. The highest BCUT2D eigenvalue weighted by atomic mass is 31.2. The van der Waals surface area contributed by atoms with Crippen molar-refractivity contribution in [1.82, 2.24) is 0 Å². The summed E-state index contributed by atoms with van der Waals surface area (Å²) in [5.74, 6) is 2.69. The van der Waals surface area contributed by atoms with Gasteiger partial charge in [-0.2, -0.15) is 0 Å². The Morgan fingerprint density at radius 3 is 1.30 bits per heavy atom. The van der Waals surface area contributed by atoms with Crippen molar-refractivity contribution in [3.63, 3.8) is 0 Å². The Hall–Kier alpha value is -2.55. The van der Waals surface area contributed by atoms with E-state index < -0.39 is 7.05 Å². The van der Waals surface area contributed by atoms with E-state index >= 15 is 0 Å². The highest BCUT2D eigenvalue weighted by Crippen LogP contribution is 2.46. The summed E-state index contributed by atoms with van der Waals surface area (Å²) in [7, 11) is -2.09. The molecule has 1 nitrogen and oxygen atoms in total. The summed E-state index contributed by atoms with van der Waals surface area (Å²) < 4.78 is 5.06. The van der Waals surface area contributed by atoms with Crippen molar-refractivity contribution < 1.29 is 0 Å². The molecule has 3 rings (SSSR count). The zero-order valence-electron chi connectivity index (χ0n) is 12.8. The molecule has 0 aromatic heterocycles. The minimum absolute atomic E-state index is 0.409. The van der Waals surface area contributed by atoms with Gasteiger partial charge in [-0.25, -0.2) is 0 Å². The van der Waals surface area contributed by atoms with Gasteiger partial charge in [0.2, 0.25) is 0 Å². The smallest absolute Gasteiger partial charge is 0.0991 e. The van der Waals surface area contributed by atoms with Crippen molar-refractivity contribution >= 4 is 23.0 Å². The number of hydrogen-bond acceptors (Lipinski definition) is 1. The van der Waals surface area contributed by atoms with Crippen LogP contribution in [-0.2, 0) is 0 Å². The molecule has 0 heterocycles. The standard InChI is InChI=1S/C21H18NP/c1-2-18-22-23(19-12-6-3-7-13-19,20-14-8-4-9-15-20)21-16-10-5-11-17-21/h1,3-17H,18H2. The van der Waals surface area contributed by atoms with E-state index in [1.807, 2.05) is 18.2 Å². The van der Waals surface area contributed by atoms with Crippen molar-refractivity contribution in [2.24, 2.45) is 4.74 Å². The van der Waals surface area contributed by atoms with E-state index in [1.165, 1.54) is 15.9 Å². The van der Waals surface area contributed by atoms with Crippen LogP contribution < -0.4 is 15.9 Å². The SMILES string of the molecule is C#CCN=P(c1ccccc1)(c1ccccc1)c1ccccc1. The molecule has 2 heteroatoms. The monoisotopic (exact) mass is 315 g/mol. The average Bonchev–Trinajstić information content (AvgIpc) is 2.65. The molecule has 0 atom stereocenters. The molecule has 3 aromatic carbocycles. The third-order valence-corrected chi connectivity index (χ3v) is 7.47. The molecule has 0 amide bonds. The summed E-state index contributed by atoms with van der Waals surface area (Å²) in [4.78, 5) is 0. The van der Waals surface area contributed by atoms with Crippen LogP contribution in [0.15, 0.2) is 95.7 Å². The molecule has 112 valence electrons. The topological polar surface area (TPSA) is 12.4 Å². The van der Waals surface area contributed by atoms with Crippen molar-refractivity contribution in [3.05, 3.63) is 91.0 Å². The van der Waals surface area contributed by atoms with Gasteiger partial charge < -0.3 is 0 Å². The zero-order valence-corrected chi connectivity index (χ0v) is 13.7. The third-order valence-electron chi connectivity index (χ3n) is 3.76. The Bertz CT molecular complexity index is 743. The molecule has 23 heavy (non-hydrogen) atoms. The van der Waals surface area contributed by atoms with Crippen LogP contribution in [0.5, 0.6) is 0 Å². The number of hydrogen-bond donors (Lipinski definition) is 0. The maximum atomic E-state index is 5.54. The molecule has 0 bridgehead atoms. The van der Waals surface area contributed by atoms with E-state index in [-0.39, 0.29) is 0 Å². The molecule has 0 aliphatic heterocycles. The van der Waals surface area contributed by atoms with E-state index in [4.69, 9.17) is 11.2 Å². The minimum Gasteiger partial charge on any atom is -0.277 e. The normalized spacial score (nSPS) is 10.7. The zero-order chi connectivity index (χ0) is 16.0. The van der Waals surface area contributed by atoms with Gasteiger partial charge in [-0.05, 0) is 0 Å². The van der Waals surface area contributed by atoms with Crippen LogP contribution in [0.3, 0.4) is 0 Å². The molecule has 3 aromatic rings. The van der Waals surface area contributed by atoms with E-state index in [0.29, 0.717) is 6.54 Å². The maximum absolute atomic E-state index is 5.54. The highest BCUT2D eigenvalue weighted by molar-refractivity contribution is 7.87. The first-order valence-corrected chi connectivity index (χ1v) is 9.30. The van der Waals surface area contributed by atoms with Gasteiger partial charge in [0, 0.05) is 15.9 Å². The predicted octanol–water partition coefficient (Wildman–Crippen LogP) is 3.80. The van der Waals surface area contributed by atoms with Crippen molar-refractivity contribution in [2.75, 3.05) is 6.54 Å². The Morgan fingerprint density at radius 2 is 1.00 bits per heavy atom. The molecule has 0 fully saturated rings. The number of nitrogens with zero attached hydrogens (tertiary/aromatic N) is 1. The van der Waals surface area contributed by atoms with Crippen LogP contribution in [0.1, 0.15) is 0 Å². The van der Waals surface area contributed by atoms with Gasteiger partial charge in [0.05, 0.1) is 13.6 Å². The Balaban J connectivity index is 2.39. The summed E-state index contributed by atoms with van der Waals surface area (Å²) in [6, 6.07) is 31.5. The molecule has 0 spiro atoms. The van der Waals surface area contributed by atoms with E-state index in [0.717, 1.165) is 0 Å². The summed E-state index contributed by atoms with van der Waals surface area (Å²) in [5, 5.41) is 3.69. The Kier molecular flexibility index (Phi) is 4.77. The highest BCUT2D eigenvalue weighted by Gasteiger charge is 2.26. The van der Waals surface area contributed by atoms with Gasteiger partial charge in [-0.15, -0.1) is 6.42 Å². The fraction of sp³-hybridized carbons (Fsp3) is 0.0476. The van der Waals surface area contributed by atoms with Crippen LogP contribution in [0, 0.1) is 12.3 Å². The number of rotatable bonds is 4. The first-order chi connectivity index (χ1) is 11.4. The van der Waals surface area contributed by atoms with Crippen LogP contribution in [0.2, 0.25) is 0 Å². The molecule has 0 radical (unpaired) electrons. The lowest BCUT2D eigenvalue weighted by Crippen LogP contribution is -2.25. The Morgan fingerprint density at radius 1 is 0.652 bits per heavy atom. The molecular weight excluding hydrogens is 297 g/mol. The minimum atomic E-state index is -2.09. The second kappa shape index (κ2) is 7.14. The van der Waals surface area contributed by atoms with Crippen molar-refractivity contribution in [2.45, 2.75) is 0 Å². The number of terminal acetylenes is 1. The van der Waals surface area contributed by atoms with Gasteiger partial charge >= 0.3 is 0 Å². The first kappa shape index (κ1) is 15.3. The van der Waals surface area contributed by atoms with Gasteiger partial charge in [-0.1, -0.05) is 96.9 Å². The second-order valence-electron chi connectivity index (χ2n) is 5.15. The summed E-state index contributed by atoms with van der Waals surface area (Å²) >= 11 is 0. The van der Waals surface area contributed by atoms with Crippen LogP contribution in [0.25, 0.3) is 0 Å². The lowest BCUT2D eigenvalue weighted by molar-refractivity contribution is 1.32.